The van der Waals surface area contributed by atoms with Gasteiger partial charge in [-0.3, -0.25) is 0 Å². The lowest BCUT2D eigenvalue weighted by molar-refractivity contribution is 0.394. The third-order valence-corrected chi connectivity index (χ3v) is 4.19. The van der Waals surface area contributed by atoms with Gasteiger partial charge in [0, 0.05) is 12.1 Å². The molecule has 5 nitrogen and oxygen atoms in total. The van der Waals surface area contributed by atoms with Crippen LogP contribution in [0.25, 0.3) is 11.0 Å². The normalized spacial score (nSPS) is 13.0. The third-order valence-electron chi connectivity index (χ3n) is 2.94. The Labute approximate surface area is 124 Å². The molecule has 0 amide bonds. The van der Waals surface area contributed by atoms with E-state index in [9.17, 15) is 8.42 Å². The second-order valence-electron chi connectivity index (χ2n) is 5.80. The van der Waals surface area contributed by atoms with Crippen molar-refractivity contribution in [2.75, 3.05) is 6.26 Å². The predicted octanol–water partition coefficient (Wildman–Crippen LogP) is 2.34. The van der Waals surface area contributed by atoms with Gasteiger partial charge < -0.3 is 9.55 Å². The third kappa shape index (κ3) is 3.47. The molecule has 20 heavy (non-hydrogen) atoms. The van der Waals surface area contributed by atoms with Crippen LogP contribution in [0.15, 0.2) is 18.2 Å². The Balaban J connectivity index is 2.44. The second-order valence-corrected chi connectivity index (χ2v) is 7.93. The van der Waals surface area contributed by atoms with Crippen molar-refractivity contribution in [2.24, 2.45) is 0 Å². The molecule has 110 valence electrons. The molecule has 0 radical (unpaired) electrons. The molecule has 1 aromatic carbocycles. The Morgan fingerprint density at radius 3 is 2.65 bits per heavy atom. The van der Waals surface area contributed by atoms with Gasteiger partial charge in [-0.05, 0) is 50.7 Å². The summed E-state index contributed by atoms with van der Waals surface area (Å²) < 4.78 is 28.0. The van der Waals surface area contributed by atoms with E-state index in [4.69, 9.17) is 12.2 Å². The van der Waals surface area contributed by atoms with Crippen molar-refractivity contribution in [3.63, 3.8) is 0 Å². The van der Waals surface area contributed by atoms with Gasteiger partial charge in [0.25, 0.3) is 0 Å². The molecule has 0 saturated heterocycles. The molecule has 2 aromatic rings. The van der Waals surface area contributed by atoms with E-state index in [0.29, 0.717) is 11.3 Å². The number of H-pyrrole nitrogens is 1. The lowest BCUT2D eigenvalue weighted by Crippen LogP contribution is -2.46. The smallest absolute Gasteiger partial charge is 0.209 e. The van der Waals surface area contributed by atoms with Gasteiger partial charge in [0.1, 0.15) is 0 Å². The molecule has 0 aliphatic heterocycles. The van der Waals surface area contributed by atoms with Gasteiger partial charge in [0.15, 0.2) is 4.77 Å². The number of hydrogen-bond donors (Lipinski definition) is 2. The number of aromatic nitrogens is 2. The summed E-state index contributed by atoms with van der Waals surface area (Å²) >= 11 is 5.34. The highest BCUT2D eigenvalue weighted by atomic mass is 32.2. The zero-order valence-electron chi connectivity index (χ0n) is 12.0. The molecular weight excluding hydrogens is 294 g/mol. The fourth-order valence-corrected chi connectivity index (χ4v) is 3.71. The summed E-state index contributed by atoms with van der Waals surface area (Å²) in [5, 5.41) is 0. The van der Waals surface area contributed by atoms with Gasteiger partial charge in [-0.25, -0.2) is 13.1 Å². The van der Waals surface area contributed by atoms with Gasteiger partial charge in [-0.15, -0.1) is 0 Å². The van der Waals surface area contributed by atoms with E-state index in [0.717, 1.165) is 22.9 Å². The molecule has 0 aliphatic carbocycles. The number of imidazole rings is 1. The van der Waals surface area contributed by atoms with Crippen molar-refractivity contribution in [1.29, 1.82) is 0 Å². The molecule has 1 aromatic heterocycles. The van der Waals surface area contributed by atoms with E-state index in [-0.39, 0.29) is 0 Å². The summed E-state index contributed by atoms with van der Waals surface area (Å²) in [6.07, 6.45) is 1.16. The number of benzene rings is 1. The van der Waals surface area contributed by atoms with E-state index >= 15 is 0 Å². The summed E-state index contributed by atoms with van der Waals surface area (Å²) in [5.41, 5.74) is 2.47. The molecule has 0 spiro atoms. The molecule has 0 aliphatic rings. The molecule has 2 rings (SSSR count). The summed E-state index contributed by atoms with van der Waals surface area (Å²) in [6.45, 7) is 6.15. The van der Waals surface area contributed by atoms with Crippen LogP contribution in [0.5, 0.6) is 0 Å². The lowest BCUT2D eigenvalue weighted by atomic mass is 10.1. The number of hydrogen-bond acceptors (Lipinski definition) is 3. The van der Waals surface area contributed by atoms with Crippen molar-refractivity contribution in [1.82, 2.24) is 14.3 Å². The highest BCUT2D eigenvalue weighted by molar-refractivity contribution is 7.88. The molecule has 2 N–H and O–H groups in total. The van der Waals surface area contributed by atoms with Crippen LogP contribution in [0.3, 0.4) is 0 Å². The largest absolute Gasteiger partial charge is 0.331 e. The second kappa shape index (κ2) is 4.98. The van der Waals surface area contributed by atoms with Gasteiger partial charge in [-0.1, -0.05) is 6.07 Å². The standard InChI is InChI=1S/C13H19N3O2S2/c1-9-5-6-11-10(7-9)14-12(19)16(11)8-13(2,3)15-20(4,17)18/h5-7,15H,8H2,1-4H3,(H,14,19). The number of rotatable bonds is 4. The van der Waals surface area contributed by atoms with E-state index in [1.54, 1.807) is 0 Å². The number of fused-ring (bicyclic) bond motifs is 1. The maximum atomic E-state index is 11.4. The maximum absolute atomic E-state index is 11.4. The fraction of sp³-hybridized carbons (Fsp3) is 0.462. The first kappa shape index (κ1) is 15.2. The van der Waals surface area contributed by atoms with Crippen LogP contribution in [-0.2, 0) is 16.6 Å². The highest BCUT2D eigenvalue weighted by Gasteiger charge is 2.24. The van der Waals surface area contributed by atoms with Gasteiger partial charge in [0.05, 0.1) is 17.3 Å². The van der Waals surface area contributed by atoms with Crippen molar-refractivity contribution in [3.05, 3.63) is 28.5 Å². The van der Waals surface area contributed by atoms with E-state index in [2.05, 4.69) is 9.71 Å². The van der Waals surface area contributed by atoms with Crippen LogP contribution in [0, 0.1) is 11.7 Å². The lowest BCUT2D eigenvalue weighted by Gasteiger charge is -2.25. The quantitative estimate of drug-likeness (QED) is 0.851. The van der Waals surface area contributed by atoms with Crippen LogP contribution in [0.2, 0.25) is 0 Å². The number of aryl methyl sites for hydroxylation is 1. The number of nitrogens with one attached hydrogen (secondary N) is 2. The van der Waals surface area contributed by atoms with Crippen molar-refractivity contribution in [2.45, 2.75) is 32.9 Å². The fourth-order valence-electron chi connectivity index (χ4n) is 2.36. The van der Waals surface area contributed by atoms with Crippen LogP contribution in [-0.4, -0.2) is 29.8 Å². The van der Waals surface area contributed by atoms with E-state index < -0.39 is 15.6 Å². The molecule has 0 saturated carbocycles. The monoisotopic (exact) mass is 313 g/mol. The average molecular weight is 313 g/mol. The Hall–Kier alpha value is -1.18. The Bertz CT molecular complexity index is 801. The van der Waals surface area contributed by atoms with Gasteiger partial charge in [-0.2, -0.15) is 0 Å². The number of nitrogens with zero attached hydrogens (tertiary/aromatic N) is 1. The Kier molecular flexibility index (Phi) is 3.79. The molecule has 0 fully saturated rings. The molecule has 7 heteroatoms. The Morgan fingerprint density at radius 1 is 1.40 bits per heavy atom. The number of aromatic amines is 1. The predicted molar refractivity (Wildman–Crippen MR) is 83.9 cm³/mol. The minimum absolute atomic E-state index is 0.460. The van der Waals surface area contributed by atoms with E-state index in [1.165, 1.54) is 0 Å². The van der Waals surface area contributed by atoms with E-state index in [1.807, 2.05) is 43.5 Å². The molecular formula is C13H19N3O2S2. The summed E-state index contributed by atoms with van der Waals surface area (Å²) in [4.78, 5) is 3.15. The summed E-state index contributed by atoms with van der Waals surface area (Å²) in [5.74, 6) is 0. The molecule has 0 atom stereocenters. The average Bonchev–Trinajstić information content (AvgIpc) is 2.50. The number of sulfonamides is 1. The minimum Gasteiger partial charge on any atom is -0.331 e. The summed E-state index contributed by atoms with van der Waals surface area (Å²) in [6, 6.07) is 6.03. The topological polar surface area (TPSA) is 66.9 Å². The SMILES string of the molecule is Cc1ccc2c(c1)[nH]c(=S)n2CC(C)(C)NS(C)(=O)=O. The molecule has 0 bridgehead atoms. The molecule has 0 unspecified atom stereocenters. The first-order valence-electron chi connectivity index (χ1n) is 6.25. The molecule has 1 heterocycles. The minimum atomic E-state index is -3.27. The van der Waals surface area contributed by atoms with Crippen LogP contribution < -0.4 is 4.72 Å². The maximum Gasteiger partial charge on any atom is 0.209 e. The summed E-state index contributed by atoms with van der Waals surface area (Å²) in [7, 11) is -3.27. The first-order chi connectivity index (χ1) is 9.07. The van der Waals surface area contributed by atoms with Crippen LogP contribution >= 0.6 is 12.2 Å². The van der Waals surface area contributed by atoms with Crippen molar-refractivity contribution in [3.8, 4) is 0 Å². The highest BCUT2D eigenvalue weighted by Crippen LogP contribution is 2.19. The first-order valence-corrected chi connectivity index (χ1v) is 8.55. The Morgan fingerprint density at radius 2 is 2.05 bits per heavy atom. The van der Waals surface area contributed by atoms with Gasteiger partial charge in [0.2, 0.25) is 10.0 Å². The zero-order valence-corrected chi connectivity index (χ0v) is 13.7. The zero-order chi connectivity index (χ0) is 15.1. The van der Waals surface area contributed by atoms with Crippen LogP contribution in [0.4, 0.5) is 0 Å². The van der Waals surface area contributed by atoms with Gasteiger partial charge >= 0.3 is 0 Å². The van der Waals surface area contributed by atoms with Crippen molar-refractivity contribution < 1.29 is 8.42 Å². The van der Waals surface area contributed by atoms with Crippen molar-refractivity contribution >= 4 is 33.3 Å². The van der Waals surface area contributed by atoms with Crippen LogP contribution in [0.1, 0.15) is 19.4 Å².